The molecule has 0 aliphatic heterocycles. The van der Waals surface area contributed by atoms with Crippen molar-refractivity contribution < 1.29 is 23.5 Å². The normalized spacial score (nSPS) is 10.5. The molecule has 1 aromatic rings. The average molecular weight is 269 g/mol. The highest BCUT2D eigenvalue weighted by Gasteiger charge is 2.13. The van der Waals surface area contributed by atoms with Crippen molar-refractivity contribution in [3.63, 3.8) is 0 Å². The number of nitrogens with zero attached hydrogens (tertiary/aromatic N) is 1. The molecule has 0 bridgehead atoms. The van der Waals surface area contributed by atoms with Gasteiger partial charge in [0.25, 0.3) is 0 Å². The van der Waals surface area contributed by atoms with E-state index < -0.39 is 5.97 Å². The molecule has 6 nitrogen and oxygen atoms in total. The Morgan fingerprint density at radius 1 is 1.26 bits per heavy atom. The lowest BCUT2D eigenvalue weighted by atomic mass is 10.3. The third-order valence-electron chi connectivity index (χ3n) is 2.73. The fourth-order valence-electron chi connectivity index (χ4n) is 1.59. The zero-order valence-electron chi connectivity index (χ0n) is 11.5. The molecule has 0 aliphatic rings. The Morgan fingerprint density at radius 3 is 2.58 bits per heavy atom. The molecule has 1 heterocycles. The third-order valence-corrected chi connectivity index (χ3v) is 2.73. The van der Waals surface area contributed by atoms with Crippen molar-refractivity contribution in [2.75, 3.05) is 27.3 Å². The molecule has 0 unspecified atom stereocenters. The summed E-state index contributed by atoms with van der Waals surface area (Å²) in [7, 11) is 2.67. The second-order valence-corrected chi connectivity index (χ2v) is 3.95. The first-order valence-corrected chi connectivity index (χ1v) is 6.06. The molecule has 6 heteroatoms. The van der Waals surface area contributed by atoms with Gasteiger partial charge in [0.15, 0.2) is 0 Å². The molecular formula is C13H19NO5. The molecule has 1 aromatic heterocycles. The van der Waals surface area contributed by atoms with Crippen LogP contribution in [0.5, 0.6) is 0 Å². The van der Waals surface area contributed by atoms with E-state index in [9.17, 15) is 9.59 Å². The van der Waals surface area contributed by atoms with Gasteiger partial charge in [0.1, 0.15) is 5.76 Å². The van der Waals surface area contributed by atoms with E-state index in [4.69, 9.17) is 4.42 Å². The maximum atomic E-state index is 11.2. The summed E-state index contributed by atoms with van der Waals surface area (Å²) in [6.07, 6.45) is 0.328. The molecule has 0 spiro atoms. The minimum absolute atomic E-state index is 0.182. The Labute approximate surface area is 112 Å². The van der Waals surface area contributed by atoms with Crippen molar-refractivity contribution in [3.8, 4) is 0 Å². The molecule has 0 atom stereocenters. The van der Waals surface area contributed by atoms with Crippen LogP contribution in [-0.4, -0.2) is 44.1 Å². The van der Waals surface area contributed by atoms with Gasteiger partial charge in [-0.2, -0.15) is 0 Å². The number of ether oxygens (including phenoxy) is 2. The highest BCUT2D eigenvalue weighted by atomic mass is 16.5. The molecule has 19 heavy (non-hydrogen) atoms. The van der Waals surface area contributed by atoms with E-state index in [0.29, 0.717) is 25.3 Å². The first kappa shape index (κ1) is 15.2. The SMILES string of the molecule is CCN(CCC(=O)OC)Cc1ccc(C(=O)OC)o1. The number of furan rings is 1. The van der Waals surface area contributed by atoms with Crippen LogP contribution in [0.1, 0.15) is 29.7 Å². The van der Waals surface area contributed by atoms with Gasteiger partial charge in [0.2, 0.25) is 5.76 Å². The lowest BCUT2D eigenvalue weighted by Gasteiger charge is -2.18. The first-order valence-electron chi connectivity index (χ1n) is 6.06. The summed E-state index contributed by atoms with van der Waals surface area (Å²) in [5, 5.41) is 0. The van der Waals surface area contributed by atoms with Crippen LogP contribution in [-0.2, 0) is 20.8 Å². The van der Waals surface area contributed by atoms with Crippen molar-refractivity contribution in [3.05, 3.63) is 23.7 Å². The van der Waals surface area contributed by atoms with Crippen molar-refractivity contribution in [1.29, 1.82) is 0 Å². The van der Waals surface area contributed by atoms with E-state index in [1.54, 1.807) is 12.1 Å². The van der Waals surface area contributed by atoms with Gasteiger partial charge in [-0.15, -0.1) is 0 Å². The Morgan fingerprint density at radius 2 is 2.00 bits per heavy atom. The number of carbonyl (C=O) groups is 2. The Hall–Kier alpha value is -1.82. The van der Waals surface area contributed by atoms with E-state index in [1.807, 2.05) is 11.8 Å². The van der Waals surface area contributed by atoms with E-state index in [0.717, 1.165) is 6.54 Å². The number of hydrogen-bond acceptors (Lipinski definition) is 6. The molecule has 0 saturated heterocycles. The van der Waals surface area contributed by atoms with Crippen molar-refractivity contribution >= 4 is 11.9 Å². The molecule has 0 saturated carbocycles. The molecule has 1 rings (SSSR count). The van der Waals surface area contributed by atoms with E-state index >= 15 is 0 Å². The standard InChI is InChI=1S/C13H19NO5/c1-4-14(8-7-12(15)17-2)9-10-5-6-11(19-10)13(16)18-3/h5-6H,4,7-9H2,1-3H3. The Kier molecular flexibility index (Phi) is 6.08. The number of methoxy groups -OCH3 is 2. The number of hydrogen-bond donors (Lipinski definition) is 0. The molecule has 0 amide bonds. The van der Waals surface area contributed by atoms with Gasteiger partial charge in [0.05, 0.1) is 27.2 Å². The summed E-state index contributed by atoms with van der Waals surface area (Å²) in [5.74, 6) is 0.102. The topological polar surface area (TPSA) is 69.0 Å². The van der Waals surface area contributed by atoms with Crippen LogP contribution in [0, 0.1) is 0 Å². The van der Waals surface area contributed by atoms with Gasteiger partial charge < -0.3 is 13.9 Å². The third kappa shape index (κ3) is 4.75. The minimum atomic E-state index is -0.496. The molecule has 106 valence electrons. The minimum Gasteiger partial charge on any atom is -0.469 e. The average Bonchev–Trinajstić information content (AvgIpc) is 2.90. The summed E-state index contributed by atoms with van der Waals surface area (Å²) >= 11 is 0. The van der Waals surface area contributed by atoms with Gasteiger partial charge in [-0.25, -0.2) is 4.79 Å². The van der Waals surface area contributed by atoms with Crippen LogP contribution >= 0.6 is 0 Å². The maximum Gasteiger partial charge on any atom is 0.373 e. The molecule has 0 N–H and O–H groups in total. The fraction of sp³-hybridized carbons (Fsp3) is 0.538. The predicted molar refractivity (Wildman–Crippen MR) is 67.6 cm³/mol. The monoisotopic (exact) mass is 269 g/mol. The Balaban J connectivity index is 2.53. The zero-order valence-corrected chi connectivity index (χ0v) is 11.5. The fourth-order valence-corrected chi connectivity index (χ4v) is 1.59. The smallest absolute Gasteiger partial charge is 0.373 e. The van der Waals surface area contributed by atoms with Crippen LogP contribution in [0.2, 0.25) is 0 Å². The highest BCUT2D eigenvalue weighted by Crippen LogP contribution is 2.12. The second kappa shape index (κ2) is 7.58. The van der Waals surface area contributed by atoms with E-state index in [-0.39, 0.29) is 11.7 Å². The summed E-state index contributed by atoms with van der Waals surface area (Å²) in [6.45, 7) is 3.87. The Bertz CT molecular complexity index is 426. The summed E-state index contributed by atoms with van der Waals surface area (Å²) in [6, 6.07) is 3.31. The van der Waals surface area contributed by atoms with Gasteiger partial charge in [-0.3, -0.25) is 9.69 Å². The van der Waals surface area contributed by atoms with Crippen LogP contribution in [0.3, 0.4) is 0 Å². The van der Waals surface area contributed by atoms with Gasteiger partial charge in [-0.1, -0.05) is 6.92 Å². The number of carbonyl (C=O) groups excluding carboxylic acids is 2. The van der Waals surface area contributed by atoms with E-state index in [1.165, 1.54) is 14.2 Å². The molecule has 0 radical (unpaired) electrons. The molecular weight excluding hydrogens is 250 g/mol. The van der Waals surface area contributed by atoms with Crippen LogP contribution in [0.4, 0.5) is 0 Å². The lowest BCUT2D eigenvalue weighted by Crippen LogP contribution is -2.25. The van der Waals surface area contributed by atoms with Crippen LogP contribution in [0.25, 0.3) is 0 Å². The van der Waals surface area contributed by atoms with Crippen molar-refractivity contribution in [2.24, 2.45) is 0 Å². The first-order chi connectivity index (χ1) is 9.10. The predicted octanol–water partition coefficient (Wildman–Crippen LogP) is 1.45. The van der Waals surface area contributed by atoms with Crippen LogP contribution < -0.4 is 0 Å². The summed E-state index contributed by atoms with van der Waals surface area (Å²) in [4.78, 5) is 24.4. The maximum absolute atomic E-state index is 11.2. The quantitative estimate of drug-likeness (QED) is 0.698. The second-order valence-electron chi connectivity index (χ2n) is 3.95. The lowest BCUT2D eigenvalue weighted by molar-refractivity contribution is -0.141. The summed E-state index contributed by atoms with van der Waals surface area (Å²) in [5.41, 5.74) is 0. The number of rotatable bonds is 7. The highest BCUT2D eigenvalue weighted by molar-refractivity contribution is 5.86. The number of esters is 2. The molecule has 0 aromatic carbocycles. The van der Waals surface area contributed by atoms with E-state index in [2.05, 4.69) is 9.47 Å². The molecule has 0 aliphatic carbocycles. The van der Waals surface area contributed by atoms with Gasteiger partial charge >= 0.3 is 11.9 Å². The largest absolute Gasteiger partial charge is 0.469 e. The van der Waals surface area contributed by atoms with Crippen LogP contribution in [0.15, 0.2) is 16.5 Å². The molecule has 0 fully saturated rings. The zero-order chi connectivity index (χ0) is 14.3. The summed E-state index contributed by atoms with van der Waals surface area (Å²) < 4.78 is 14.5. The van der Waals surface area contributed by atoms with Gasteiger partial charge in [-0.05, 0) is 18.7 Å². The van der Waals surface area contributed by atoms with Gasteiger partial charge in [0, 0.05) is 6.54 Å². The van der Waals surface area contributed by atoms with Crippen molar-refractivity contribution in [2.45, 2.75) is 19.9 Å². The van der Waals surface area contributed by atoms with Crippen molar-refractivity contribution in [1.82, 2.24) is 4.90 Å².